The smallest absolute Gasteiger partial charge is 0.225 e. The van der Waals surface area contributed by atoms with E-state index in [2.05, 4.69) is 22.5 Å². The molecule has 2 rings (SSSR count). The number of nitrogens with one attached hydrogen (secondary N) is 2. The Hall–Kier alpha value is -1.46. The summed E-state index contributed by atoms with van der Waals surface area (Å²) >= 11 is 0. The lowest BCUT2D eigenvalue weighted by Crippen LogP contribution is -2.44. The van der Waals surface area contributed by atoms with Gasteiger partial charge in [-0.2, -0.15) is 0 Å². The third-order valence-corrected chi connectivity index (χ3v) is 4.07. The highest BCUT2D eigenvalue weighted by Crippen LogP contribution is 2.14. The summed E-state index contributed by atoms with van der Waals surface area (Å²) in [4.78, 5) is 14.5. The summed E-state index contributed by atoms with van der Waals surface area (Å²) in [6.45, 7) is 6.07. The minimum absolute atomic E-state index is 0.0550. The number of nitrogens with zero attached hydrogens (tertiary/aromatic N) is 1. The summed E-state index contributed by atoms with van der Waals surface area (Å²) in [6.07, 6.45) is 3.83. The molecule has 0 unspecified atom stereocenters. The van der Waals surface area contributed by atoms with Gasteiger partial charge in [0.15, 0.2) is 0 Å². The molecule has 122 valence electrons. The summed E-state index contributed by atoms with van der Waals surface area (Å²) < 4.78 is 13.1. The molecular formula is C17H26FN3O. The fourth-order valence-electron chi connectivity index (χ4n) is 2.97. The first-order chi connectivity index (χ1) is 10.7. The second kappa shape index (κ2) is 8.86. The second-order valence-electron chi connectivity index (χ2n) is 5.83. The van der Waals surface area contributed by atoms with Crippen molar-refractivity contribution in [1.82, 2.24) is 10.2 Å². The molecule has 1 saturated heterocycles. The first-order valence-electron chi connectivity index (χ1n) is 8.19. The normalized spacial score (nSPS) is 16.0. The van der Waals surface area contributed by atoms with Crippen molar-refractivity contribution in [2.75, 3.05) is 31.5 Å². The van der Waals surface area contributed by atoms with Crippen molar-refractivity contribution in [3.8, 4) is 0 Å². The van der Waals surface area contributed by atoms with Crippen LogP contribution in [0.1, 0.15) is 32.6 Å². The fraction of sp³-hybridized carbons (Fsp3) is 0.588. The zero-order valence-corrected chi connectivity index (χ0v) is 13.3. The highest BCUT2D eigenvalue weighted by atomic mass is 19.1. The number of benzene rings is 1. The van der Waals surface area contributed by atoms with Gasteiger partial charge in [0, 0.05) is 24.7 Å². The number of carbonyl (C=O) groups is 1. The molecule has 1 aliphatic heterocycles. The number of piperidine rings is 1. The Morgan fingerprint density at radius 3 is 2.82 bits per heavy atom. The molecular weight excluding hydrogens is 281 g/mol. The molecule has 0 atom stereocenters. The molecule has 1 heterocycles. The predicted octanol–water partition coefficient (Wildman–Crippen LogP) is 2.62. The van der Waals surface area contributed by atoms with Crippen LogP contribution < -0.4 is 10.6 Å². The van der Waals surface area contributed by atoms with Gasteiger partial charge in [-0.3, -0.25) is 9.69 Å². The van der Waals surface area contributed by atoms with Gasteiger partial charge in [-0.1, -0.05) is 13.0 Å². The van der Waals surface area contributed by atoms with Crippen LogP contribution in [0.2, 0.25) is 0 Å². The standard InChI is InChI=1S/C17H26FN3O/c1-2-11-21(16-6-9-19-10-7-16)12-8-17(22)20-15-5-3-4-14(18)13-15/h3-5,13,16,19H,2,6-12H2,1H3,(H,20,22). The van der Waals surface area contributed by atoms with Crippen molar-refractivity contribution in [3.05, 3.63) is 30.1 Å². The van der Waals surface area contributed by atoms with Gasteiger partial charge >= 0.3 is 0 Å². The number of anilines is 1. The third-order valence-electron chi connectivity index (χ3n) is 4.07. The summed E-state index contributed by atoms with van der Waals surface area (Å²) in [5.41, 5.74) is 0.522. The van der Waals surface area contributed by atoms with Crippen molar-refractivity contribution in [1.29, 1.82) is 0 Å². The van der Waals surface area contributed by atoms with Gasteiger partial charge in [0.1, 0.15) is 5.82 Å². The Kier molecular flexibility index (Phi) is 6.80. The van der Waals surface area contributed by atoms with Crippen LogP contribution >= 0.6 is 0 Å². The van der Waals surface area contributed by atoms with Gasteiger partial charge in [-0.15, -0.1) is 0 Å². The molecule has 0 spiro atoms. The maximum absolute atomic E-state index is 13.1. The summed E-state index contributed by atoms with van der Waals surface area (Å²) in [5.74, 6) is -0.388. The van der Waals surface area contributed by atoms with Crippen molar-refractivity contribution in [2.24, 2.45) is 0 Å². The van der Waals surface area contributed by atoms with Crippen molar-refractivity contribution < 1.29 is 9.18 Å². The molecule has 5 heteroatoms. The van der Waals surface area contributed by atoms with Gasteiger partial charge in [-0.05, 0) is 57.1 Å². The average molecular weight is 307 g/mol. The molecule has 2 N–H and O–H groups in total. The maximum atomic E-state index is 13.1. The van der Waals surface area contributed by atoms with E-state index in [1.165, 1.54) is 12.1 Å². The van der Waals surface area contributed by atoms with E-state index < -0.39 is 0 Å². The lowest BCUT2D eigenvalue weighted by Gasteiger charge is -2.34. The van der Waals surface area contributed by atoms with Crippen molar-refractivity contribution in [3.63, 3.8) is 0 Å². The minimum Gasteiger partial charge on any atom is -0.326 e. The number of hydrogen-bond acceptors (Lipinski definition) is 3. The molecule has 0 saturated carbocycles. The SMILES string of the molecule is CCCN(CCC(=O)Nc1cccc(F)c1)C1CCNCC1. The highest BCUT2D eigenvalue weighted by molar-refractivity contribution is 5.90. The summed E-state index contributed by atoms with van der Waals surface area (Å²) in [5, 5.41) is 6.14. The Morgan fingerprint density at radius 2 is 2.14 bits per heavy atom. The van der Waals surface area contributed by atoms with Gasteiger partial charge in [0.05, 0.1) is 0 Å². The first-order valence-corrected chi connectivity index (χ1v) is 8.19. The van der Waals surface area contributed by atoms with Crippen LogP contribution in [-0.4, -0.2) is 43.0 Å². The van der Waals surface area contributed by atoms with Crippen LogP contribution in [0, 0.1) is 5.82 Å². The maximum Gasteiger partial charge on any atom is 0.225 e. The topological polar surface area (TPSA) is 44.4 Å². The number of amides is 1. The first kappa shape index (κ1) is 16.9. The molecule has 22 heavy (non-hydrogen) atoms. The van der Waals surface area contributed by atoms with E-state index in [-0.39, 0.29) is 11.7 Å². The Labute approximate surface area is 132 Å². The Balaban J connectivity index is 1.81. The summed E-state index contributed by atoms with van der Waals surface area (Å²) in [6, 6.07) is 6.59. The summed E-state index contributed by atoms with van der Waals surface area (Å²) in [7, 11) is 0. The largest absolute Gasteiger partial charge is 0.326 e. The molecule has 0 aromatic heterocycles. The molecule has 1 aromatic carbocycles. The third kappa shape index (κ3) is 5.39. The van der Waals surface area contributed by atoms with Crippen LogP contribution in [-0.2, 0) is 4.79 Å². The molecule has 1 fully saturated rings. The average Bonchev–Trinajstić information content (AvgIpc) is 2.52. The number of hydrogen-bond donors (Lipinski definition) is 2. The van der Waals surface area contributed by atoms with E-state index in [1.54, 1.807) is 12.1 Å². The molecule has 1 aliphatic rings. The number of rotatable bonds is 7. The van der Waals surface area contributed by atoms with Gasteiger partial charge in [0.25, 0.3) is 0 Å². The second-order valence-corrected chi connectivity index (χ2v) is 5.83. The van der Waals surface area contributed by atoms with Crippen LogP contribution in [0.25, 0.3) is 0 Å². The zero-order valence-electron chi connectivity index (χ0n) is 13.3. The van der Waals surface area contributed by atoms with Crippen LogP contribution in [0.15, 0.2) is 24.3 Å². The molecule has 0 radical (unpaired) electrons. The predicted molar refractivity (Wildman–Crippen MR) is 87.4 cm³/mol. The Morgan fingerprint density at radius 1 is 1.36 bits per heavy atom. The molecule has 0 aliphatic carbocycles. The van der Waals surface area contributed by atoms with Crippen LogP contribution in [0.5, 0.6) is 0 Å². The Bertz CT molecular complexity index is 475. The monoisotopic (exact) mass is 307 g/mol. The quantitative estimate of drug-likeness (QED) is 0.814. The molecule has 4 nitrogen and oxygen atoms in total. The lowest BCUT2D eigenvalue weighted by molar-refractivity contribution is -0.116. The van der Waals surface area contributed by atoms with E-state index in [4.69, 9.17) is 0 Å². The van der Waals surface area contributed by atoms with Crippen LogP contribution in [0.4, 0.5) is 10.1 Å². The lowest BCUT2D eigenvalue weighted by atomic mass is 10.0. The fourth-order valence-corrected chi connectivity index (χ4v) is 2.97. The zero-order chi connectivity index (χ0) is 15.8. The van der Waals surface area contributed by atoms with Crippen LogP contribution in [0.3, 0.4) is 0 Å². The molecule has 1 amide bonds. The molecule has 0 bridgehead atoms. The highest BCUT2D eigenvalue weighted by Gasteiger charge is 2.20. The van der Waals surface area contributed by atoms with Crippen molar-refractivity contribution >= 4 is 11.6 Å². The van der Waals surface area contributed by atoms with Gasteiger partial charge < -0.3 is 10.6 Å². The van der Waals surface area contributed by atoms with E-state index >= 15 is 0 Å². The van der Waals surface area contributed by atoms with Gasteiger partial charge in [0.2, 0.25) is 5.91 Å². The number of halogens is 1. The van der Waals surface area contributed by atoms with E-state index in [0.717, 1.165) is 45.4 Å². The minimum atomic E-state index is -0.333. The van der Waals surface area contributed by atoms with E-state index in [1.807, 2.05) is 0 Å². The van der Waals surface area contributed by atoms with E-state index in [9.17, 15) is 9.18 Å². The van der Waals surface area contributed by atoms with Crippen molar-refractivity contribution in [2.45, 2.75) is 38.6 Å². The van der Waals surface area contributed by atoms with Gasteiger partial charge in [-0.25, -0.2) is 4.39 Å². The van der Waals surface area contributed by atoms with E-state index in [0.29, 0.717) is 18.2 Å². The molecule has 1 aromatic rings. The number of carbonyl (C=O) groups excluding carboxylic acids is 1.